The maximum absolute atomic E-state index is 11.9. The van der Waals surface area contributed by atoms with E-state index in [0.29, 0.717) is 18.0 Å². The number of nitrogens with zero attached hydrogens (tertiary/aromatic N) is 2. The van der Waals surface area contributed by atoms with E-state index in [1.54, 1.807) is 24.3 Å². The summed E-state index contributed by atoms with van der Waals surface area (Å²) in [4.78, 5) is 26.4. The Morgan fingerprint density at radius 3 is 2.77 bits per heavy atom. The van der Waals surface area contributed by atoms with Crippen molar-refractivity contribution in [2.75, 3.05) is 18.5 Å². The molecule has 138 valence electrons. The van der Waals surface area contributed by atoms with Crippen LogP contribution in [0.15, 0.2) is 28.8 Å². The molecule has 3 amide bonds. The van der Waals surface area contributed by atoms with Gasteiger partial charge in [-0.25, -0.2) is 4.79 Å². The van der Waals surface area contributed by atoms with Crippen LogP contribution in [0.4, 0.5) is 10.5 Å². The Bertz CT molecular complexity index is 755. The smallest absolute Gasteiger partial charge is 0.319 e. The lowest BCUT2D eigenvalue weighted by Gasteiger charge is -2.12. The molecule has 4 N–H and O–H groups in total. The number of amides is 3. The molecule has 1 aromatic heterocycles. The topological polar surface area (TPSA) is 142 Å². The van der Waals surface area contributed by atoms with E-state index < -0.39 is 11.9 Å². The van der Waals surface area contributed by atoms with Crippen LogP contribution in [-0.4, -0.2) is 41.4 Å². The van der Waals surface area contributed by atoms with Crippen LogP contribution in [-0.2, 0) is 11.3 Å². The SMILES string of the molecule is NC(=O)c1nc(CNC(=O)Nc2ccc(OCC3CCCO3)cc2)no1. The molecule has 0 aliphatic carbocycles. The molecule has 10 nitrogen and oxygen atoms in total. The Hall–Kier alpha value is -3.14. The quantitative estimate of drug-likeness (QED) is 0.669. The number of rotatable bonds is 7. The van der Waals surface area contributed by atoms with Gasteiger partial charge in [0.2, 0.25) is 0 Å². The fourth-order valence-electron chi connectivity index (χ4n) is 2.36. The third kappa shape index (κ3) is 4.93. The van der Waals surface area contributed by atoms with Gasteiger partial charge >= 0.3 is 17.8 Å². The second kappa shape index (κ2) is 8.30. The van der Waals surface area contributed by atoms with E-state index in [-0.39, 0.29) is 24.4 Å². The van der Waals surface area contributed by atoms with Gasteiger partial charge < -0.3 is 30.4 Å². The van der Waals surface area contributed by atoms with Gasteiger partial charge in [0.1, 0.15) is 12.4 Å². The number of carbonyl (C=O) groups excluding carboxylic acids is 2. The van der Waals surface area contributed by atoms with Crippen molar-refractivity contribution in [3.8, 4) is 5.75 Å². The summed E-state index contributed by atoms with van der Waals surface area (Å²) < 4.78 is 15.8. The fraction of sp³-hybridized carbons (Fsp3) is 0.375. The summed E-state index contributed by atoms with van der Waals surface area (Å²) in [7, 11) is 0. The van der Waals surface area contributed by atoms with Crippen molar-refractivity contribution in [2.45, 2.75) is 25.5 Å². The zero-order chi connectivity index (χ0) is 18.4. The highest BCUT2D eigenvalue weighted by Crippen LogP contribution is 2.18. The molecule has 26 heavy (non-hydrogen) atoms. The summed E-state index contributed by atoms with van der Waals surface area (Å²) in [6.07, 6.45) is 2.24. The van der Waals surface area contributed by atoms with Crippen LogP contribution in [0.3, 0.4) is 0 Å². The van der Waals surface area contributed by atoms with Gasteiger partial charge in [0.25, 0.3) is 0 Å². The molecule has 10 heteroatoms. The van der Waals surface area contributed by atoms with Gasteiger partial charge in [0.15, 0.2) is 5.82 Å². The van der Waals surface area contributed by atoms with Gasteiger partial charge in [-0.15, -0.1) is 0 Å². The number of benzene rings is 1. The average molecular weight is 361 g/mol. The Labute approximate surface area is 149 Å². The second-order valence-corrected chi connectivity index (χ2v) is 5.66. The van der Waals surface area contributed by atoms with Crippen molar-refractivity contribution in [1.29, 1.82) is 0 Å². The summed E-state index contributed by atoms with van der Waals surface area (Å²) in [5, 5.41) is 8.72. The first kappa shape index (κ1) is 17.7. The van der Waals surface area contributed by atoms with Crippen LogP contribution in [0.1, 0.15) is 29.4 Å². The van der Waals surface area contributed by atoms with Gasteiger partial charge in [-0.05, 0) is 37.1 Å². The number of hydrogen-bond donors (Lipinski definition) is 3. The number of primary amides is 1. The van der Waals surface area contributed by atoms with Crippen molar-refractivity contribution in [3.63, 3.8) is 0 Å². The molecule has 3 rings (SSSR count). The zero-order valence-corrected chi connectivity index (χ0v) is 13.9. The molecule has 2 heterocycles. The lowest BCUT2D eigenvalue weighted by atomic mass is 10.2. The van der Waals surface area contributed by atoms with E-state index >= 15 is 0 Å². The third-order valence-corrected chi connectivity index (χ3v) is 3.66. The van der Waals surface area contributed by atoms with Gasteiger partial charge in [0, 0.05) is 12.3 Å². The molecule has 2 aromatic rings. The summed E-state index contributed by atoms with van der Waals surface area (Å²) in [6, 6.07) is 6.53. The number of anilines is 1. The first-order chi connectivity index (χ1) is 12.6. The van der Waals surface area contributed by atoms with Crippen molar-refractivity contribution in [1.82, 2.24) is 15.5 Å². The van der Waals surface area contributed by atoms with Gasteiger partial charge in [-0.3, -0.25) is 4.79 Å². The van der Waals surface area contributed by atoms with E-state index in [4.69, 9.17) is 15.2 Å². The third-order valence-electron chi connectivity index (χ3n) is 3.66. The van der Waals surface area contributed by atoms with Crippen molar-refractivity contribution >= 4 is 17.6 Å². The first-order valence-corrected chi connectivity index (χ1v) is 8.12. The predicted molar refractivity (Wildman–Crippen MR) is 89.6 cm³/mol. The molecule has 1 aliphatic heterocycles. The molecule has 0 spiro atoms. The van der Waals surface area contributed by atoms with Gasteiger partial charge in [-0.1, -0.05) is 5.16 Å². The molecular formula is C16H19N5O5. The van der Waals surface area contributed by atoms with Crippen LogP contribution >= 0.6 is 0 Å². The lowest BCUT2D eigenvalue weighted by Crippen LogP contribution is -2.28. The maximum atomic E-state index is 11.9. The number of hydrogen-bond acceptors (Lipinski definition) is 7. The van der Waals surface area contributed by atoms with Crippen LogP contribution in [0, 0.1) is 0 Å². The average Bonchev–Trinajstić information content (AvgIpc) is 3.31. The Kier molecular flexibility index (Phi) is 5.64. The standard InChI is InChI=1S/C16H19N5O5/c17-14(22)15-20-13(21-26-15)8-18-16(23)19-10-3-5-11(6-4-10)25-9-12-2-1-7-24-12/h3-6,12H,1-2,7-9H2,(H2,17,22)(H2,18,19,23). The molecule has 1 aromatic carbocycles. The molecule has 1 aliphatic rings. The molecule has 1 unspecified atom stereocenters. The van der Waals surface area contributed by atoms with E-state index in [1.165, 1.54) is 0 Å². The number of carbonyl (C=O) groups is 2. The van der Waals surface area contributed by atoms with E-state index in [1.807, 2.05) is 0 Å². The van der Waals surface area contributed by atoms with Gasteiger partial charge in [-0.2, -0.15) is 4.98 Å². The highest BCUT2D eigenvalue weighted by molar-refractivity contribution is 5.89. The summed E-state index contributed by atoms with van der Waals surface area (Å²) in [5.74, 6) is -0.278. The highest BCUT2D eigenvalue weighted by atomic mass is 16.5. The minimum absolute atomic E-state index is 0.00873. The van der Waals surface area contributed by atoms with E-state index in [0.717, 1.165) is 19.4 Å². The van der Waals surface area contributed by atoms with Gasteiger partial charge in [0.05, 0.1) is 12.6 Å². The van der Waals surface area contributed by atoms with Crippen LogP contribution in [0.2, 0.25) is 0 Å². The van der Waals surface area contributed by atoms with Crippen molar-refractivity contribution < 1.29 is 23.6 Å². The molecule has 0 radical (unpaired) electrons. The molecule has 1 saturated heterocycles. The van der Waals surface area contributed by atoms with Crippen molar-refractivity contribution in [3.05, 3.63) is 36.0 Å². The van der Waals surface area contributed by atoms with Crippen molar-refractivity contribution in [2.24, 2.45) is 5.73 Å². The number of aromatic nitrogens is 2. The first-order valence-electron chi connectivity index (χ1n) is 8.12. The van der Waals surface area contributed by atoms with E-state index in [2.05, 4.69) is 25.3 Å². The Morgan fingerprint density at radius 2 is 2.12 bits per heavy atom. The minimum atomic E-state index is -0.824. The fourth-order valence-corrected chi connectivity index (χ4v) is 2.36. The molecule has 0 saturated carbocycles. The summed E-state index contributed by atoms with van der Waals surface area (Å²) in [5.41, 5.74) is 5.60. The van der Waals surface area contributed by atoms with Crippen LogP contribution in [0.25, 0.3) is 0 Å². The zero-order valence-electron chi connectivity index (χ0n) is 13.9. The Balaban J connectivity index is 1.42. The molecule has 0 bridgehead atoms. The number of ether oxygens (including phenoxy) is 2. The lowest BCUT2D eigenvalue weighted by molar-refractivity contribution is 0.0679. The minimum Gasteiger partial charge on any atom is -0.491 e. The number of nitrogens with two attached hydrogens (primary N) is 1. The molecule has 1 atom stereocenters. The summed E-state index contributed by atoms with van der Waals surface area (Å²) in [6.45, 7) is 1.30. The number of urea groups is 1. The molecule has 1 fully saturated rings. The maximum Gasteiger partial charge on any atom is 0.319 e. The predicted octanol–water partition coefficient (Wildman–Crippen LogP) is 1.05. The molecular weight excluding hydrogens is 342 g/mol. The second-order valence-electron chi connectivity index (χ2n) is 5.66. The largest absolute Gasteiger partial charge is 0.491 e. The number of nitrogens with one attached hydrogen (secondary N) is 2. The normalized spacial score (nSPS) is 16.2. The monoisotopic (exact) mass is 361 g/mol. The Morgan fingerprint density at radius 1 is 1.31 bits per heavy atom. The van der Waals surface area contributed by atoms with Crippen LogP contribution in [0.5, 0.6) is 5.75 Å². The highest BCUT2D eigenvalue weighted by Gasteiger charge is 2.16. The summed E-state index contributed by atoms with van der Waals surface area (Å²) >= 11 is 0. The van der Waals surface area contributed by atoms with E-state index in [9.17, 15) is 9.59 Å². The van der Waals surface area contributed by atoms with Crippen LogP contribution < -0.4 is 21.1 Å².